The van der Waals surface area contributed by atoms with E-state index in [1.54, 1.807) is 0 Å². The molecule has 0 spiro atoms. The molecule has 110 valence electrons. The SMILES string of the molecule is CC(CNC1CC1)C(C)Cc1cc(Br)cc2c1OCC2. The third-order valence-electron chi connectivity index (χ3n) is 4.64. The summed E-state index contributed by atoms with van der Waals surface area (Å²) in [6, 6.07) is 5.25. The van der Waals surface area contributed by atoms with Gasteiger partial charge in [0.25, 0.3) is 0 Å². The van der Waals surface area contributed by atoms with Gasteiger partial charge >= 0.3 is 0 Å². The number of halogens is 1. The highest BCUT2D eigenvalue weighted by Gasteiger charge is 2.24. The summed E-state index contributed by atoms with van der Waals surface area (Å²) < 4.78 is 7.02. The van der Waals surface area contributed by atoms with Gasteiger partial charge in [-0.25, -0.2) is 0 Å². The summed E-state index contributed by atoms with van der Waals surface area (Å²) in [6.07, 6.45) is 4.90. The number of nitrogens with one attached hydrogen (secondary N) is 1. The molecule has 2 atom stereocenters. The molecule has 1 aliphatic heterocycles. The maximum absolute atomic E-state index is 5.84. The molecule has 0 bridgehead atoms. The molecule has 1 fully saturated rings. The Morgan fingerprint density at radius 2 is 2.10 bits per heavy atom. The summed E-state index contributed by atoms with van der Waals surface area (Å²) in [5, 5.41) is 3.65. The minimum absolute atomic E-state index is 0.670. The van der Waals surface area contributed by atoms with E-state index >= 15 is 0 Å². The topological polar surface area (TPSA) is 21.3 Å². The van der Waals surface area contributed by atoms with Crippen molar-refractivity contribution < 1.29 is 4.74 Å². The average Bonchev–Trinajstić information content (AvgIpc) is 3.12. The van der Waals surface area contributed by atoms with E-state index in [1.165, 1.54) is 28.4 Å². The Kier molecular flexibility index (Phi) is 4.37. The predicted octanol–water partition coefficient (Wildman–Crippen LogP) is 3.95. The molecule has 0 radical (unpaired) electrons. The zero-order valence-corrected chi connectivity index (χ0v) is 14.0. The zero-order valence-electron chi connectivity index (χ0n) is 12.4. The molecule has 0 amide bonds. The molecule has 3 rings (SSSR count). The van der Waals surface area contributed by atoms with Crippen molar-refractivity contribution in [1.29, 1.82) is 0 Å². The summed E-state index contributed by atoms with van der Waals surface area (Å²) in [7, 11) is 0. The van der Waals surface area contributed by atoms with Gasteiger partial charge in [-0.15, -0.1) is 0 Å². The molecule has 1 aromatic rings. The first-order valence-electron chi connectivity index (χ1n) is 7.81. The van der Waals surface area contributed by atoms with Crippen LogP contribution in [0.2, 0.25) is 0 Å². The van der Waals surface area contributed by atoms with Crippen molar-refractivity contribution in [1.82, 2.24) is 5.32 Å². The fourth-order valence-corrected chi connectivity index (χ4v) is 3.44. The molecule has 1 heterocycles. The highest BCUT2D eigenvalue weighted by Crippen LogP contribution is 2.35. The van der Waals surface area contributed by atoms with E-state index in [2.05, 4.69) is 47.2 Å². The lowest BCUT2D eigenvalue weighted by Gasteiger charge is -2.21. The number of fused-ring (bicyclic) bond motifs is 1. The van der Waals surface area contributed by atoms with Gasteiger partial charge in [0, 0.05) is 16.9 Å². The first kappa shape index (κ1) is 14.4. The third-order valence-corrected chi connectivity index (χ3v) is 5.10. The van der Waals surface area contributed by atoms with Gasteiger partial charge in [-0.3, -0.25) is 0 Å². The van der Waals surface area contributed by atoms with Crippen molar-refractivity contribution in [3.8, 4) is 5.75 Å². The quantitative estimate of drug-likeness (QED) is 0.848. The van der Waals surface area contributed by atoms with E-state index in [-0.39, 0.29) is 0 Å². The maximum Gasteiger partial charge on any atom is 0.125 e. The molecule has 1 saturated carbocycles. The predicted molar refractivity (Wildman–Crippen MR) is 86.4 cm³/mol. The van der Waals surface area contributed by atoms with Gasteiger partial charge in [-0.2, -0.15) is 0 Å². The van der Waals surface area contributed by atoms with Crippen LogP contribution in [0.5, 0.6) is 5.75 Å². The number of benzene rings is 1. The largest absolute Gasteiger partial charge is 0.493 e. The van der Waals surface area contributed by atoms with Crippen LogP contribution in [0.4, 0.5) is 0 Å². The van der Waals surface area contributed by atoms with Gasteiger partial charge < -0.3 is 10.1 Å². The lowest BCUT2D eigenvalue weighted by atomic mass is 9.88. The molecule has 1 aliphatic carbocycles. The molecule has 0 saturated heterocycles. The Hall–Kier alpha value is -0.540. The Balaban J connectivity index is 1.64. The highest BCUT2D eigenvalue weighted by molar-refractivity contribution is 9.10. The minimum Gasteiger partial charge on any atom is -0.493 e. The zero-order chi connectivity index (χ0) is 14.1. The van der Waals surface area contributed by atoms with Crippen LogP contribution < -0.4 is 10.1 Å². The van der Waals surface area contributed by atoms with Crippen LogP contribution in [-0.2, 0) is 12.8 Å². The summed E-state index contributed by atoms with van der Waals surface area (Å²) in [5.74, 6) is 2.53. The fourth-order valence-electron chi connectivity index (χ4n) is 2.89. The number of rotatable bonds is 6. The first-order chi connectivity index (χ1) is 9.63. The molecule has 2 aliphatic rings. The second-order valence-electron chi connectivity index (χ2n) is 6.49. The number of hydrogen-bond donors (Lipinski definition) is 1. The van der Waals surface area contributed by atoms with Crippen molar-refractivity contribution in [2.24, 2.45) is 11.8 Å². The molecule has 1 aromatic carbocycles. The van der Waals surface area contributed by atoms with Crippen molar-refractivity contribution in [3.63, 3.8) is 0 Å². The summed E-state index contributed by atoms with van der Waals surface area (Å²) in [6.45, 7) is 6.70. The summed E-state index contributed by atoms with van der Waals surface area (Å²) in [4.78, 5) is 0. The van der Waals surface area contributed by atoms with Gasteiger partial charge in [-0.1, -0.05) is 29.8 Å². The van der Waals surface area contributed by atoms with Gasteiger partial charge in [0.15, 0.2) is 0 Å². The molecule has 20 heavy (non-hydrogen) atoms. The molecular formula is C17H24BrNO. The monoisotopic (exact) mass is 337 g/mol. The smallest absolute Gasteiger partial charge is 0.125 e. The van der Waals surface area contributed by atoms with Crippen molar-refractivity contribution >= 4 is 15.9 Å². The number of hydrogen-bond acceptors (Lipinski definition) is 2. The van der Waals surface area contributed by atoms with E-state index in [0.29, 0.717) is 11.8 Å². The number of ether oxygens (including phenoxy) is 1. The van der Waals surface area contributed by atoms with Crippen LogP contribution in [-0.4, -0.2) is 19.2 Å². The molecule has 0 aromatic heterocycles. The van der Waals surface area contributed by atoms with Crippen molar-refractivity contribution in [2.45, 2.75) is 45.6 Å². The Bertz CT molecular complexity index is 484. The van der Waals surface area contributed by atoms with Crippen LogP contribution in [0.3, 0.4) is 0 Å². The molecule has 3 heteroatoms. The van der Waals surface area contributed by atoms with Crippen molar-refractivity contribution in [3.05, 3.63) is 27.7 Å². The lowest BCUT2D eigenvalue weighted by Crippen LogP contribution is -2.27. The van der Waals surface area contributed by atoms with Crippen LogP contribution in [0.1, 0.15) is 37.8 Å². The Labute approximate surface area is 130 Å². The van der Waals surface area contributed by atoms with Gasteiger partial charge in [0.1, 0.15) is 5.75 Å². The summed E-state index contributed by atoms with van der Waals surface area (Å²) >= 11 is 3.63. The third kappa shape index (κ3) is 3.37. The maximum atomic E-state index is 5.84. The fraction of sp³-hybridized carbons (Fsp3) is 0.647. The van der Waals surface area contributed by atoms with E-state index in [9.17, 15) is 0 Å². The standard InChI is InChI=1S/C17H24BrNO/c1-11(12(2)10-19-16-3-4-16)7-14-9-15(18)8-13-5-6-20-17(13)14/h8-9,11-12,16,19H,3-7,10H2,1-2H3. The summed E-state index contributed by atoms with van der Waals surface area (Å²) in [5.41, 5.74) is 2.74. The van der Waals surface area contributed by atoms with E-state index in [1.807, 2.05) is 0 Å². The molecule has 2 nitrogen and oxygen atoms in total. The van der Waals surface area contributed by atoms with Crippen LogP contribution in [0.25, 0.3) is 0 Å². The molecular weight excluding hydrogens is 314 g/mol. The normalized spacial score (nSPS) is 20.4. The van der Waals surface area contributed by atoms with Gasteiger partial charge in [0.2, 0.25) is 0 Å². The first-order valence-corrected chi connectivity index (χ1v) is 8.60. The minimum atomic E-state index is 0.670. The van der Waals surface area contributed by atoms with E-state index in [0.717, 1.165) is 37.8 Å². The second-order valence-corrected chi connectivity index (χ2v) is 7.41. The Morgan fingerprint density at radius 3 is 2.85 bits per heavy atom. The molecule has 2 unspecified atom stereocenters. The van der Waals surface area contributed by atoms with Crippen LogP contribution in [0.15, 0.2) is 16.6 Å². The molecule has 1 N–H and O–H groups in total. The highest BCUT2D eigenvalue weighted by atomic mass is 79.9. The van der Waals surface area contributed by atoms with Crippen LogP contribution in [0, 0.1) is 11.8 Å². The van der Waals surface area contributed by atoms with Crippen molar-refractivity contribution in [2.75, 3.05) is 13.2 Å². The lowest BCUT2D eigenvalue weighted by molar-refractivity contribution is 0.338. The Morgan fingerprint density at radius 1 is 1.30 bits per heavy atom. The van der Waals surface area contributed by atoms with E-state index < -0.39 is 0 Å². The second kappa shape index (κ2) is 6.07. The van der Waals surface area contributed by atoms with Crippen LogP contribution >= 0.6 is 15.9 Å². The average molecular weight is 338 g/mol. The van der Waals surface area contributed by atoms with Gasteiger partial charge in [0.05, 0.1) is 6.61 Å². The van der Waals surface area contributed by atoms with Gasteiger partial charge in [-0.05, 0) is 60.9 Å². The van der Waals surface area contributed by atoms with E-state index in [4.69, 9.17) is 4.74 Å².